The standard InChI is InChI=1S/C13H14N2O/c16-8-2-5-11-3-1-4-12(9-11)10-13-14-6-7-15-13/h1-7,9,16H,8,10H2,(H,14,15). The zero-order valence-corrected chi connectivity index (χ0v) is 8.93. The van der Waals surface area contributed by atoms with Crippen molar-refractivity contribution >= 4 is 6.08 Å². The molecule has 16 heavy (non-hydrogen) atoms. The molecule has 0 saturated heterocycles. The molecule has 1 aromatic heterocycles. The molecule has 2 N–H and O–H groups in total. The summed E-state index contributed by atoms with van der Waals surface area (Å²) in [6.07, 6.45) is 8.02. The van der Waals surface area contributed by atoms with Crippen LogP contribution in [0.15, 0.2) is 42.7 Å². The van der Waals surface area contributed by atoms with E-state index in [2.05, 4.69) is 22.1 Å². The summed E-state index contributed by atoms with van der Waals surface area (Å²) in [5, 5.41) is 8.70. The fraction of sp³-hybridized carbons (Fsp3) is 0.154. The highest BCUT2D eigenvalue weighted by Crippen LogP contribution is 2.10. The van der Waals surface area contributed by atoms with Crippen LogP contribution in [-0.4, -0.2) is 21.7 Å². The fourth-order valence-electron chi connectivity index (χ4n) is 1.58. The lowest BCUT2D eigenvalue weighted by Gasteiger charge is -2.00. The molecule has 0 bridgehead atoms. The van der Waals surface area contributed by atoms with Gasteiger partial charge in [0.1, 0.15) is 5.82 Å². The SMILES string of the molecule is OCC=Cc1cccc(Cc2ncc[nH]2)c1. The van der Waals surface area contributed by atoms with Crippen LogP contribution in [0.1, 0.15) is 17.0 Å². The molecule has 0 unspecified atom stereocenters. The topological polar surface area (TPSA) is 48.9 Å². The van der Waals surface area contributed by atoms with Gasteiger partial charge in [-0.15, -0.1) is 0 Å². The molecule has 0 saturated carbocycles. The van der Waals surface area contributed by atoms with Crippen LogP contribution < -0.4 is 0 Å². The first kappa shape index (κ1) is 10.6. The van der Waals surface area contributed by atoms with Crippen molar-refractivity contribution in [3.8, 4) is 0 Å². The normalized spacial score (nSPS) is 11.1. The lowest BCUT2D eigenvalue weighted by atomic mass is 10.1. The Morgan fingerprint density at radius 2 is 2.31 bits per heavy atom. The molecule has 3 nitrogen and oxygen atoms in total. The Balaban J connectivity index is 2.13. The third-order valence-corrected chi connectivity index (χ3v) is 2.29. The van der Waals surface area contributed by atoms with Crippen LogP contribution >= 0.6 is 0 Å². The quantitative estimate of drug-likeness (QED) is 0.817. The van der Waals surface area contributed by atoms with Crippen LogP contribution in [0, 0.1) is 0 Å². The summed E-state index contributed by atoms with van der Waals surface area (Å²) in [6.45, 7) is 0.0718. The van der Waals surface area contributed by atoms with E-state index in [9.17, 15) is 0 Å². The van der Waals surface area contributed by atoms with E-state index in [1.807, 2.05) is 24.4 Å². The molecule has 0 aliphatic heterocycles. The van der Waals surface area contributed by atoms with Gasteiger partial charge in [0, 0.05) is 18.8 Å². The van der Waals surface area contributed by atoms with Crippen LogP contribution in [0.3, 0.4) is 0 Å². The third-order valence-electron chi connectivity index (χ3n) is 2.29. The van der Waals surface area contributed by atoms with E-state index >= 15 is 0 Å². The molecule has 0 aliphatic carbocycles. The Kier molecular flexibility index (Phi) is 3.51. The van der Waals surface area contributed by atoms with E-state index in [1.165, 1.54) is 5.56 Å². The van der Waals surface area contributed by atoms with Crippen molar-refractivity contribution in [2.45, 2.75) is 6.42 Å². The highest BCUT2D eigenvalue weighted by molar-refractivity contribution is 5.50. The highest BCUT2D eigenvalue weighted by atomic mass is 16.2. The molecule has 82 valence electrons. The van der Waals surface area contributed by atoms with Crippen LogP contribution in [0.5, 0.6) is 0 Å². The molecule has 0 radical (unpaired) electrons. The highest BCUT2D eigenvalue weighted by Gasteiger charge is 1.98. The van der Waals surface area contributed by atoms with Crippen molar-refractivity contribution in [1.29, 1.82) is 0 Å². The second-order valence-corrected chi connectivity index (χ2v) is 3.54. The van der Waals surface area contributed by atoms with Crippen molar-refractivity contribution in [3.63, 3.8) is 0 Å². The number of H-pyrrole nitrogens is 1. The Morgan fingerprint density at radius 3 is 3.06 bits per heavy atom. The van der Waals surface area contributed by atoms with Gasteiger partial charge in [-0.25, -0.2) is 4.98 Å². The van der Waals surface area contributed by atoms with Gasteiger partial charge in [0.25, 0.3) is 0 Å². The summed E-state index contributed by atoms with van der Waals surface area (Å²) in [5.74, 6) is 0.961. The Hall–Kier alpha value is -1.87. The number of hydrogen-bond acceptors (Lipinski definition) is 2. The predicted octanol–water partition coefficient (Wildman–Crippen LogP) is 2.01. The van der Waals surface area contributed by atoms with Crippen LogP contribution in [0.4, 0.5) is 0 Å². The minimum absolute atomic E-state index is 0.0718. The van der Waals surface area contributed by atoms with Crippen molar-refractivity contribution in [1.82, 2.24) is 9.97 Å². The molecule has 2 aromatic rings. The number of nitrogens with one attached hydrogen (secondary N) is 1. The van der Waals surface area contributed by atoms with Crippen molar-refractivity contribution < 1.29 is 5.11 Å². The zero-order chi connectivity index (χ0) is 11.2. The Bertz CT molecular complexity index is 461. The first-order valence-electron chi connectivity index (χ1n) is 5.23. The van der Waals surface area contributed by atoms with Crippen LogP contribution in [0.2, 0.25) is 0 Å². The van der Waals surface area contributed by atoms with Crippen molar-refractivity contribution in [3.05, 3.63) is 59.7 Å². The summed E-state index contributed by atoms with van der Waals surface area (Å²) < 4.78 is 0. The number of aliphatic hydroxyl groups excluding tert-OH is 1. The number of aromatic nitrogens is 2. The van der Waals surface area contributed by atoms with Gasteiger partial charge in [0.2, 0.25) is 0 Å². The minimum atomic E-state index is 0.0718. The van der Waals surface area contributed by atoms with Gasteiger partial charge in [-0.2, -0.15) is 0 Å². The summed E-state index contributed by atoms with van der Waals surface area (Å²) in [7, 11) is 0. The number of aromatic amines is 1. The minimum Gasteiger partial charge on any atom is -0.392 e. The monoisotopic (exact) mass is 214 g/mol. The van der Waals surface area contributed by atoms with Crippen molar-refractivity contribution in [2.24, 2.45) is 0 Å². The molecule has 0 spiro atoms. The van der Waals surface area contributed by atoms with Gasteiger partial charge in [0.05, 0.1) is 6.61 Å². The smallest absolute Gasteiger partial charge is 0.110 e. The van der Waals surface area contributed by atoms with E-state index in [-0.39, 0.29) is 6.61 Å². The van der Waals surface area contributed by atoms with E-state index in [0.717, 1.165) is 17.8 Å². The Labute approximate surface area is 94.5 Å². The van der Waals surface area contributed by atoms with E-state index in [0.29, 0.717) is 0 Å². The summed E-state index contributed by atoms with van der Waals surface area (Å²) >= 11 is 0. The lowest BCUT2D eigenvalue weighted by Crippen LogP contribution is -1.90. The molecule has 3 heteroatoms. The van der Waals surface area contributed by atoms with Crippen LogP contribution in [0.25, 0.3) is 6.08 Å². The number of nitrogens with zero attached hydrogens (tertiary/aromatic N) is 1. The second-order valence-electron chi connectivity index (χ2n) is 3.54. The van der Waals surface area contributed by atoms with Gasteiger partial charge in [-0.3, -0.25) is 0 Å². The number of aliphatic hydroxyl groups is 1. The molecule has 2 rings (SSSR count). The predicted molar refractivity (Wildman–Crippen MR) is 64.0 cm³/mol. The van der Waals surface area contributed by atoms with Gasteiger partial charge in [-0.1, -0.05) is 36.4 Å². The van der Waals surface area contributed by atoms with E-state index < -0.39 is 0 Å². The van der Waals surface area contributed by atoms with Gasteiger partial charge in [-0.05, 0) is 11.1 Å². The number of imidazole rings is 1. The molecule has 0 atom stereocenters. The second kappa shape index (κ2) is 5.28. The van der Waals surface area contributed by atoms with E-state index in [1.54, 1.807) is 12.3 Å². The van der Waals surface area contributed by atoms with Gasteiger partial charge < -0.3 is 10.1 Å². The molecule has 0 fully saturated rings. The zero-order valence-electron chi connectivity index (χ0n) is 8.93. The maximum Gasteiger partial charge on any atom is 0.110 e. The number of benzene rings is 1. The number of rotatable bonds is 4. The van der Waals surface area contributed by atoms with E-state index in [4.69, 9.17) is 5.11 Å². The van der Waals surface area contributed by atoms with Gasteiger partial charge in [0.15, 0.2) is 0 Å². The molecule has 0 aliphatic rings. The molecule has 1 heterocycles. The van der Waals surface area contributed by atoms with Gasteiger partial charge >= 0.3 is 0 Å². The molecular weight excluding hydrogens is 200 g/mol. The largest absolute Gasteiger partial charge is 0.392 e. The molecule has 1 aromatic carbocycles. The summed E-state index contributed by atoms with van der Waals surface area (Å²) in [6, 6.07) is 8.18. The maximum atomic E-state index is 8.70. The summed E-state index contributed by atoms with van der Waals surface area (Å²) in [4.78, 5) is 7.27. The molecule has 0 amide bonds. The summed E-state index contributed by atoms with van der Waals surface area (Å²) in [5.41, 5.74) is 2.30. The Morgan fingerprint density at radius 1 is 1.38 bits per heavy atom. The molecular formula is C13H14N2O. The maximum absolute atomic E-state index is 8.70. The first-order valence-corrected chi connectivity index (χ1v) is 5.23. The van der Waals surface area contributed by atoms with Crippen molar-refractivity contribution in [2.75, 3.05) is 6.61 Å². The lowest BCUT2D eigenvalue weighted by molar-refractivity contribution is 0.343. The fourth-order valence-corrected chi connectivity index (χ4v) is 1.58. The first-order chi connectivity index (χ1) is 7.88. The average Bonchev–Trinajstić information content (AvgIpc) is 2.80. The number of hydrogen-bond donors (Lipinski definition) is 2. The third kappa shape index (κ3) is 2.81. The average molecular weight is 214 g/mol. The van der Waals surface area contributed by atoms with Crippen LogP contribution in [-0.2, 0) is 6.42 Å².